The minimum absolute atomic E-state index is 0.336. The van der Waals surface area contributed by atoms with Gasteiger partial charge in [0.2, 0.25) is 0 Å². The third kappa shape index (κ3) is 1.79. The number of nitrogens with zero attached hydrogens (tertiary/aromatic N) is 1. The van der Waals surface area contributed by atoms with Gasteiger partial charge in [-0.05, 0) is 36.6 Å². The van der Waals surface area contributed by atoms with Gasteiger partial charge in [-0.1, -0.05) is 18.2 Å². The van der Waals surface area contributed by atoms with Gasteiger partial charge in [0.15, 0.2) is 11.6 Å². The molecule has 84 valence electrons. The number of nitrogens with one attached hydrogen (secondary N) is 1. The van der Waals surface area contributed by atoms with Gasteiger partial charge in [0.25, 0.3) is 0 Å². The normalized spacial score (nSPS) is 23.8. The number of guanidine groups is 1. The summed E-state index contributed by atoms with van der Waals surface area (Å²) >= 11 is 0. The molecule has 0 saturated heterocycles. The minimum Gasteiger partial charge on any atom is -0.370 e. The first-order chi connectivity index (χ1) is 7.51. The van der Waals surface area contributed by atoms with Gasteiger partial charge in [-0.2, -0.15) is 0 Å². The van der Waals surface area contributed by atoms with Gasteiger partial charge >= 0.3 is 0 Å². The van der Waals surface area contributed by atoms with Crippen LogP contribution in [-0.2, 0) is 5.66 Å². The van der Waals surface area contributed by atoms with E-state index in [0.717, 1.165) is 5.56 Å². The van der Waals surface area contributed by atoms with Gasteiger partial charge in [-0.3, -0.25) is 5.73 Å². The van der Waals surface area contributed by atoms with E-state index in [2.05, 4.69) is 24.2 Å². The molecule has 0 amide bonds. The molecular formula is C12H16N4. The van der Waals surface area contributed by atoms with E-state index in [9.17, 15) is 0 Å². The SMILES string of the molecule is Cc1ccc(C2(N)C=CNC(N)=N2)cc1C. The van der Waals surface area contributed by atoms with E-state index >= 15 is 0 Å². The first-order valence-corrected chi connectivity index (χ1v) is 5.17. The number of nitrogens with two attached hydrogens (primary N) is 2. The average molecular weight is 216 g/mol. The zero-order valence-corrected chi connectivity index (χ0v) is 9.49. The Bertz CT molecular complexity index is 476. The van der Waals surface area contributed by atoms with Crippen LogP contribution < -0.4 is 16.8 Å². The maximum Gasteiger partial charge on any atom is 0.195 e. The van der Waals surface area contributed by atoms with E-state index < -0.39 is 5.66 Å². The number of hydrogen-bond acceptors (Lipinski definition) is 4. The molecule has 0 spiro atoms. The molecule has 16 heavy (non-hydrogen) atoms. The summed E-state index contributed by atoms with van der Waals surface area (Å²) in [7, 11) is 0. The van der Waals surface area contributed by atoms with E-state index in [4.69, 9.17) is 11.5 Å². The summed E-state index contributed by atoms with van der Waals surface area (Å²) in [5.41, 5.74) is 14.3. The summed E-state index contributed by atoms with van der Waals surface area (Å²) in [6, 6.07) is 6.07. The maximum atomic E-state index is 6.20. The van der Waals surface area contributed by atoms with Crippen molar-refractivity contribution in [3.8, 4) is 0 Å². The van der Waals surface area contributed by atoms with Crippen molar-refractivity contribution in [1.29, 1.82) is 0 Å². The zero-order chi connectivity index (χ0) is 11.8. The van der Waals surface area contributed by atoms with Crippen molar-refractivity contribution >= 4 is 5.96 Å². The van der Waals surface area contributed by atoms with E-state index in [-0.39, 0.29) is 0 Å². The van der Waals surface area contributed by atoms with Crippen LogP contribution in [0.25, 0.3) is 0 Å². The van der Waals surface area contributed by atoms with Gasteiger partial charge < -0.3 is 11.1 Å². The standard InChI is InChI=1S/C12H16N4/c1-8-3-4-10(7-9(8)2)12(14)5-6-15-11(13)16-12/h3-7H,14H2,1-2H3,(H3,13,15,16). The molecule has 0 aromatic heterocycles. The van der Waals surface area contributed by atoms with E-state index in [1.54, 1.807) is 12.3 Å². The molecule has 4 nitrogen and oxygen atoms in total. The largest absolute Gasteiger partial charge is 0.370 e. The topological polar surface area (TPSA) is 76.4 Å². The summed E-state index contributed by atoms with van der Waals surface area (Å²) in [6.45, 7) is 4.12. The van der Waals surface area contributed by atoms with E-state index in [1.165, 1.54) is 11.1 Å². The molecule has 0 saturated carbocycles. The van der Waals surface area contributed by atoms with Gasteiger partial charge in [-0.25, -0.2) is 4.99 Å². The molecule has 1 aliphatic rings. The molecule has 1 aliphatic heterocycles. The fourth-order valence-electron chi connectivity index (χ4n) is 1.67. The summed E-state index contributed by atoms with van der Waals surface area (Å²) in [4.78, 5) is 4.23. The Labute approximate surface area is 95.1 Å². The smallest absolute Gasteiger partial charge is 0.195 e. The van der Waals surface area contributed by atoms with Crippen LogP contribution in [0.5, 0.6) is 0 Å². The predicted octanol–water partition coefficient (Wildman–Crippen LogP) is 0.847. The predicted molar refractivity (Wildman–Crippen MR) is 65.7 cm³/mol. The fourth-order valence-corrected chi connectivity index (χ4v) is 1.67. The summed E-state index contributed by atoms with van der Waals surface area (Å²) in [5.74, 6) is 0.336. The second kappa shape index (κ2) is 3.64. The zero-order valence-electron chi connectivity index (χ0n) is 9.49. The van der Waals surface area contributed by atoms with Crippen LogP contribution in [-0.4, -0.2) is 5.96 Å². The summed E-state index contributed by atoms with van der Waals surface area (Å²) < 4.78 is 0. The first-order valence-electron chi connectivity index (χ1n) is 5.17. The Morgan fingerprint density at radius 2 is 2.00 bits per heavy atom. The first kappa shape index (κ1) is 10.7. The molecule has 2 rings (SSSR count). The number of hydrogen-bond donors (Lipinski definition) is 3. The second-order valence-corrected chi connectivity index (χ2v) is 4.10. The number of benzene rings is 1. The van der Waals surface area contributed by atoms with Crippen molar-refractivity contribution in [2.45, 2.75) is 19.5 Å². The molecule has 5 N–H and O–H groups in total. The molecule has 4 heteroatoms. The Morgan fingerprint density at radius 1 is 1.25 bits per heavy atom. The quantitative estimate of drug-likeness (QED) is 0.651. The summed E-state index contributed by atoms with van der Waals surface area (Å²) in [6.07, 6.45) is 3.52. The highest BCUT2D eigenvalue weighted by atomic mass is 15.2. The lowest BCUT2D eigenvalue weighted by molar-refractivity contribution is 0.580. The van der Waals surface area contributed by atoms with Crippen molar-refractivity contribution in [2.75, 3.05) is 0 Å². The molecule has 0 fully saturated rings. The number of rotatable bonds is 1. The molecule has 1 aromatic carbocycles. The third-order valence-corrected chi connectivity index (χ3v) is 2.84. The van der Waals surface area contributed by atoms with Crippen LogP contribution >= 0.6 is 0 Å². The van der Waals surface area contributed by atoms with Gasteiger partial charge in [0, 0.05) is 6.20 Å². The van der Waals surface area contributed by atoms with Crippen LogP contribution in [0, 0.1) is 13.8 Å². The molecule has 1 atom stereocenters. The number of aliphatic imine (C=N–C) groups is 1. The lowest BCUT2D eigenvalue weighted by Crippen LogP contribution is -2.42. The van der Waals surface area contributed by atoms with Crippen LogP contribution in [0.3, 0.4) is 0 Å². The third-order valence-electron chi connectivity index (χ3n) is 2.84. The monoisotopic (exact) mass is 216 g/mol. The fraction of sp³-hybridized carbons (Fsp3) is 0.250. The van der Waals surface area contributed by atoms with Crippen LogP contribution in [0.2, 0.25) is 0 Å². The number of aryl methyl sites for hydroxylation is 2. The second-order valence-electron chi connectivity index (χ2n) is 4.10. The van der Waals surface area contributed by atoms with Crippen LogP contribution in [0.15, 0.2) is 35.5 Å². The van der Waals surface area contributed by atoms with E-state index in [1.807, 2.05) is 18.2 Å². The van der Waals surface area contributed by atoms with Crippen LogP contribution in [0.4, 0.5) is 0 Å². The maximum absolute atomic E-state index is 6.20. The molecule has 0 aliphatic carbocycles. The highest BCUT2D eigenvalue weighted by Crippen LogP contribution is 2.24. The molecule has 0 bridgehead atoms. The Kier molecular flexibility index (Phi) is 2.44. The minimum atomic E-state index is -0.853. The lowest BCUT2D eigenvalue weighted by atomic mass is 9.96. The van der Waals surface area contributed by atoms with Crippen molar-refractivity contribution in [3.63, 3.8) is 0 Å². The van der Waals surface area contributed by atoms with Gasteiger partial charge in [0.1, 0.15) is 0 Å². The van der Waals surface area contributed by atoms with Crippen LogP contribution in [0.1, 0.15) is 16.7 Å². The molecule has 0 radical (unpaired) electrons. The van der Waals surface area contributed by atoms with Crippen molar-refractivity contribution < 1.29 is 0 Å². The molecule has 1 aromatic rings. The molecular weight excluding hydrogens is 200 g/mol. The van der Waals surface area contributed by atoms with Crippen molar-refractivity contribution in [3.05, 3.63) is 47.2 Å². The highest BCUT2D eigenvalue weighted by molar-refractivity contribution is 5.80. The highest BCUT2D eigenvalue weighted by Gasteiger charge is 2.26. The molecule has 1 unspecified atom stereocenters. The average Bonchev–Trinajstić information content (AvgIpc) is 2.21. The Balaban J connectivity index is 2.47. The van der Waals surface area contributed by atoms with Crippen molar-refractivity contribution in [1.82, 2.24) is 5.32 Å². The molecule has 1 heterocycles. The van der Waals surface area contributed by atoms with Gasteiger partial charge in [0.05, 0.1) is 0 Å². The Morgan fingerprint density at radius 3 is 2.62 bits per heavy atom. The summed E-state index contributed by atoms with van der Waals surface area (Å²) in [5, 5.41) is 2.80. The van der Waals surface area contributed by atoms with E-state index in [0.29, 0.717) is 5.96 Å². The van der Waals surface area contributed by atoms with Crippen molar-refractivity contribution in [2.24, 2.45) is 16.5 Å². The lowest BCUT2D eigenvalue weighted by Gasteiger charge is -2.26. The Hall–Kier alpha value is -1.81. The van der Waals surface area contributed by atoms with Gasteiger partial charge in [-0.15, -0.1) is 0 Å².